The smallest absolute Gasteiger partial charge is 0.265 e. The second-order valence-electron chi connectivity index (χ2n) is 3.78. The zero-order valence-corrected chi connectivity index (χ0v) is 11.1. The molecule has 0 unspecified atom stereocenters. The van der Waals surface area contributed by atoms with E-state index >= 15 is 0 Å². The summed E-state index contributed by atoms with van der Waals surface area (Å²) in [4.78, 5) is 13.0. The van der Waals surface area contributed by atoms with E-state index in [9.17, 15) is 13.6 Å². The van der Waals surface area contributed by atoms with Crippen LogP contribution in [0.1, 0.15) is 14.5 Å². The van der Waals surface area contributed by atoms with Gasteiger partial charge in [0.05, 0.1) is 16.3 Å². The quantitative estimate of drug-likeness (QED) is 0.836. The van der Waals surface area contributed by atoms with Crippen molar-refractivity contribution >= 4 is 22.9 Å². The number of hydrogen-bond acceptors (Lipinski definition) is 3. The van der Waals surface area contributed by atoms with Gasteiger partial charge in [-0.15, -0.1) is 11.3 Å². The number of nitrogens with two attached hydrogens (primary N) is 1. The van der Waals surface area contributed by atoms with Gasteiger partial charge in [0.25, 0.3) is 5.91 Å². The van der Waals surface area contributed by atoms with Crippen molar-refractivity contribution in [3.05, 3.63) is 51.7 Å². The molecule has 0 spiro atoms. The van der Waals surface area contributed by atoms with Crippen molar-refractivity contribution in [2.24, 2.45) is 5.73 Å². The SMILES string of the molecule is NCC#Cc1ccc(C(=O)Nc2cc(F)cc(F)c2)s1. The maximum Gasteiger partial charge on any atom is 0.265 e. The highest BCUT2D eigenvalue weighted by Crippen LogP contribution is 2.18. The van der Waals surface area contributed by atoms with E-state index in [4.69, 9.17) is 5.73 Å². The van der Waals surface area contributed by atoms with Gasteiger partial charge < -0.3 is 11.1 Å². The first-order valence-electron chi connectivity index (χ1n) is 5.64. The highest BCUT2D eigenvalue weighted by Gasteiger charge is 2.10. The van der Waals surface area contributed by atoms with Crippen LogP contribution in [0.5, 0.6) is 0 Å². The zero-order chi connectivity index (χ0) is 14.5. The normalized spacial score (nSPS) is 9.75. The van der Waals surface area contributed by atoms with Crippen molar-refractivity contribution in [1.82, 2.24) is 0 Å². The van der Waals surface area contributed by atoms with Crippen molar-refractivity contribution in [3.63, 3.8) is 0 Å². The molecule has 20 heavy (non-hydrogen) atoms. The molecular formula is C14H10F2N2OS. The van der Waals surface area contributed by atoms with Gasteiger partial charge in [0, 0.05) is 11.8 Å². The number of nitrogens with one attached hydrogen (secondary N) is 1. The average molecular weight is 292 g/mol. The van der Waals surface area contributed by atoms with Crippen LogP contribution < -0.4 is 11.1 Å². The van der Waals surface area contributed by atoms with Crippen LogP contribution >= 0.6 is 11.3 Å². The number of hydrogen-bond donors (Lipinski definition) is 2. The Kier molecular flexibility index (Phi) is 4.45. The van der Waals surface area contributed by atoms with E-state index < -0.39 is 17.5 Å². The molecule has 1 amide bonds. The second-order valence-corrected chi connectivity index (χ2v) is 4.87. The van der Waals surface area contributed by atoms with Crippen LogP contribution in [0, 0.1) is 23.5 Å². The van der Waals surface area contributed by atoms with Crippen molar-refractivity contribution in [1.29, 1.82) is 0 Å². The number of carbonyl (C=O) groups is 1. The van der Waals surface area contributed by atoms with Crippen LogP contribution in [0.3, 0.4) is 0 Å². The summed E-state index contributed by atoms with van der Waals surface area (Å²) >= 11 is 1.18. The molecule has 102 valence electrons. The number of amides is 1. The van der Waals surface area contributed by atoms with E-state index in [1.165, 1.54) is 11.3 Å². The summed E-state index contributed by atoms with van der Waals surface area (Å²) in [6, 6.07) is 6.11. The third-order valence-corrected chi connectivity index (χ3v) is 3.26. The minimum atomic E-state index is -0.749. The lowest BCUT2D eigenvalue weighted by molar-refractivity contribution is 0.103. The van der Waals surface area contributed by atoms with Gasteiger partial charge in [-0.25, -0.2) is 8.78 Å². The predicted octanol–water partition coefficient (Wildman–Crippen LogP) is 2.59. The summed E-state index contributed by atoms with van der Waals surface area (Å²) in [7, 11) is 0. The molecule has 2 aromatic rings. The van der Waals surface area contributed by atoms with Gasteiger partial charge in [0.2, 0.25) is 0 Å². The van der Waals surface area contributed by atoms with E-state index in [1.807, 2.05) is 0 Å². The highest BCUT2D eigenvalue weighted by molar-refractivity contribution is 7.14. The van der Waals surface area contributed by atoms with Gasteiger partial charge >= 0.3 is 0 Å². The molecule has 0 saturated heterocycles. The first-order valence-corrected chi connectivity index (χ1v) is 6.46. The maximum atomic E-state index is 13.0. The van der Waals surface area contributed by atoms with Crippen molar-refractivity contribution in [2.75, 3.05) is 11.9 Å². The lowest BCUT2D eigenvalue weighted by Gasteiger charge is -2.03. The van der Waals surface area contributed by atoms with E-state index in [2.05, 4.69) is 17.2 Å². The molecule has 2 rings (SSSR count). The van der Waals surface area contributed by atoms with Crippen molar-refractivity contribution in [3.8, 4) is 11.8 Å². The summed E-state index contributed by atoms with van der Waals surface area (Å²) < 4.78 is 26.0. The Morgan fingerprint density at radius 2 is 1.95 bits per heavy atom. The molecule has 1 heterocycles. The van der Waals surface area contributed by atoms with Crippen molar-refractivity contribution in [2.45, 2.75) is 0 Å². The van der Waals surface area contributed by atoms with E-state index in [0.29, 0.717) is 9.75 Å². The summed E-state index contributed by atoms with van der Waals surface area (Å²) in [5, 5.41) is 2.43. The van der Waals surface area contributed by atoms with Gasteiger partial charge in [0.1, 0.15) is 11.6 Å². The molecule has 3 nitrogen and oxygen atoms in total. The fraction of sp³-hybridized carbons (Fsp3) is 0.0714. The Labute approximate surface area is 118 Å². The second kappa shape index (κ2) is 6.28. The molecule has 0 aliphatic heterocycles. The van der Waals surface area contributed by atoms with Gasteiger partial charge in [-0.3, -0.25) is 4.79 Å². The molecule has 0 aliphatic rings. The first kappa shape index (κ1) is 14.2. The van der Waals surface area contributed by atoms with Gasteiger partial charge in [-0.05, 0) is 24.3 Å². The minimum absolute atomic E-state index is 0.0653. The lowest BCUT2D eigenvalue weighted by Crippen LogP contribution is -2.10. The number of benzene rings is 1. The van der Waals surface area contributed by atoms with Crippen LogP contribution in [0.4, 0.5) is 14.5 Å². The third-order valence-electron chi connectivity index (χ3n) is 2.26. The summed E-state index contributed by atoms with van der Waals surface area (Å²) in [5.41, 5.74) is 5.32. The Bertz CT molecular complexity index is 680. The molecule has 0 atom stereocenters. The number of anilines is 1. The van der Waals surface area contributed by atoms with Crippen LogP contribution in [0.15, 0.2) is 30.3 Å². The topological polar surface area (TPSA) is 55.1 Å². The lowest BCUT2D eigenvalue weighted by atomic mass is 10.3. The van der Waals surface area contributed by atoms with Crippen LogP contribution in [-0.4, -0.2) is 12.5 Å². The molecule has 0 radical (unpaired) electrons. The average Bonchev–Trinajstić information content (AvgIpc) is 2.83. The van der Waals surface area contributed by atoms with Crippen LogP contribution in [0.25, 0.3) is 0 Å². The zero-order valence-electron chi connectivity index (χ0n) is 10.2. The Balaban J connectivity index is 2.13. The fourth-order valence-electron chi connectivity index (χ4n) is 1.48. The first-order chi connectivity index (χ1) is 9.58. The van der Waals surface area contributed by atoms with Crippen LogP contribution in [-0.2, 0) is 0 Å². The number of thiophene rings is 1. The van der Waals surface area contributed by atoms with Gasteiger partial charge in [-0.1, -0.05) is 11.8 Å². The van der Waals surface area contributed by atoms with E-state index in [1.54, 1.807) is 12.1 Å². The largest absolute Gasteiger partial charge is 0.321 e. The molecule has 1 aromatic carbocycles. The fourth-order valence-corrected chi connectivity index (χ4v) is 2.26. The molecule has 0 aliphatic carbocycles. The maximum absolute atomic E-state index is 13.0. The van der Waals surface area contributed by atoms with Crippen molar-refractivity contribution < 1.29 is 13.6 Å². The molecule has 0 bridgehead atoms. The summed E-state index contributed by atoms with van der Waals surface area (Å²) in [6.45, 7) is 0.238. The molecule has 3 N–H and O–H groups in total. The van der Waals surface area contributed by atoms with E-state index in [0.717, 1.165) is 18.2 Å². The standard InChI is InChI=1S/C14H10F2N2OS/c15-9-6-10(16)8-11(7-9)18-14(19)13-4-3-12(20-13)2-1-5-17/h3-4,6-8H,5,17H2,(H,18,19). The number of rotatable bonds is 2. The summed E-state index contributed by atoms with van der Waals surface area (Å²) in [6.07, 6.45) is 0. The Hall–Kier alpha value is -2.23. The molecule has 0 saturated carbocycles. The van der Waals surface area contributed by atoms with Crippen LogP contribution in [0.2, 0.25) is 0 Å². The number of carbonyl (C=O) groups excluding carboxylic acids is 1. The van der Waals surface area contributed by atoms with Gasteiger partial charge in [-0.2, -0.15) is 0 Å². The summed E-state index contributed by atoms with van der Waals surface area (Å²) in [5.74, 6) is 3.54. The highest BCUT2D eigenvalue weighted by atomic mass is 32.1. The third kappa shape index (κ3) is 3.63. The molecule has 0 fully saturated rings. The monoisotopic (exact) mass is 292 g/mol. The molecular weight excluding hydrogens is 282 g/mol. The molecule has 6 heteroatoms. The number of halogens is 2. The van der Waals surface area contributed by atoms with E-state index in [-0.39, 0.29) is 12.2 Å². The predicted molar refractivity (Wildman–Crippen MR) is 74.6 cm³/mol. The Morgan fingerprint density at radius 1 is 1.25 bits per heavy atom. The molecule has 1 aromatic heterocycles. The van der Waals surface area contributed by atoms with Gasteiger partial charge in [0.15, 0.2) is 0 Å². The Morgan fingerprint density at radius 3 is 2.60 bits per heavy atom. The minimum Gasteiger partial charge on any atom is -0.321 e.